The number of ether oxygens (including phenoxy) is 11. The number of urea groups is 1. The molecule has 12 N–H and O–H groups in total. The standard InChI is InChI=1S/C40H43N3O11.C19H32N2O5.C8H20N2O3.C2H3BN.CH4FI/c44-26-8-11-31-35(22-26)54-36-23-27(45)9-12-32(36)37(31)30-10-7-25(21-33(30)38(46)47)43-39(48)41-13-15-50-17-19-52-20-18-51-16-14-42-40(49)53-24-34-28-5-3-1-2-4-6-29(28)34;20-7-9-23-11-13-25-14-12-24-10-8-21-19(22)26-15-18-16-5-3-1-2-4-6-17(16)18;9-1-3-11-5-7-13-8-6-12-4-2-10;1-3-2-4;1-3-2/h7-12,21-23,28-29,34,44H,3-6,13-20,24H2,(H,42,49)(H,46,47)(H2,41,43,48);16-18H,3-15,20H2,(H,21,22);1-10H2;1H3;3H,1H3/t28-,29+,34?;16-,17+,18?;;;/i;;;;3T. The van der Waals surface area contributed by atoms with Gasteiger partial charge in [-0.3, -0.25) is 4.79 Å². The van der Waals surface area contributed by atoms with Crippen LogP contribution in [0, 0.1) is 70.4 Å². The number of alkyl carbamates (subject to hydrolysis) is 2. The zero-order valence-corrected chi connectivity index (χ0v) is 59.7. The Kier molecular flexibility index (Phi) is 45.1. The number of carboxylic acids is 1. The maximum absolute atomic E-state index is 12.5. The predicted molar refractivity (Wildman–Crippen MR) is 387 cm³/mol. The molecule has 2 fully saturated rings. The van der Waals surface area contributed by atoms with Gasteiger partial charge in [0.2, 0.25) is 0 Å². The van der Waals surface area contributed by atoms with E-state index in [1.165, 1.54) is 42.5 Å². The van der Waals surface area contributed by atoms with Gasteiger partial charge in [-0.25, -0.2) is 24.4 Å². The number of carbonyl (C=O) groups is 4. The minimum absolute atomic E-state index is 0.0521. The predicted octanol–water partition coefficient (Wildman–Crippen LogP) is 6.84. The molecule has 30 heteroatoms. The van der Waals surface area contributed by atoms with Crippen LogP contribution in [0.1, 0.15) is 61.7 Å². The Hall–Kier alpha value is -6.94. The van der Waals surface area contributed by atoms with E-state index in [0.717, 1.165) is 51.4 Å². The Morgan fingerprint density at radius 2 is 1.00 bits per heavy atom. The number of carboxylic acid groups (broad SMARTS) is 1. The molecule has 100 heavy (non-hydrogen) atoms. The summed E-state index contributed by atoms with van der Waals surface area (Å²) in [6.45, 7) is 13.8. The molecule has 8 rings (SSSR count). The third-order valence-corrected chi connectivity index (χ3v) is 15.7. The number of nitrogens with one attached hydrogen (secondary N) is 4. The summed E-state index contributed by atoms with van der Waals surface area (Å²) in [6.07, 6.45) is 7.50. The first-order valence-electron chi connectivity index (χ1n) is 34.2. The van der Waals surface area contributed by atoms with Gasteiger partial charge in [-0.2, -0.15) is 0 Å². The summed E-state index contributed by atoms with van der Waals surface area (Å²) in [5.74, 6) is 17.1. The minimum atomic E-state index is -2.51. The molecule has 0 saturated heterocycles. The van der Waals surface area contributed by atoms with Crippen molar-refractivity contribution in [3.05, 3.63) is 70.4 Å². The van der Waals surface area contributed by atoms with E-state index in [2.05, 4.69) is 44.9 Å². The number of carbonyl (C=O) groups excluding carboxylic acids is 3. The molecule has 0 bridgehead atoms. The molecule has 6 aliphatic rings. The number of nitrogens with zero attached hydrogens (tertiary/aromatic N) is 1. The van der Waals surface area contributed by atoms with Crippen LogP contribution in [0.2, 0.25) is 6.82 Å². The third kappa shape index (κ3) is 35.6. The van der Waals surface area contributed by atoms with E-state index in [1.807, 2.05) is 0 Å². The normalized spacial score (nSPS) is 17.6. The summed E-state index contributed by atoms with van der Waals surface area (Å²) >= 11 is -2.51. The number of amides is 4. The SMILES string of the molecule is C[B]C#N.NCCOCCOCCOCCN.NCCOCCOCCOCCNC(=O)OCC1[C@H]2CCC#CCC[C@@H]12.O=C(NCCOCCOCCOCCNC(=O)OCC1[C@H]2CCC#CCC[C@@H]12)Nc1ccc(-c2c3ccc(=O)cc-3oc3cc(O)ccc23)c(C(=O)O)c1.[3H]I(C)F. The van der Waals surface area contributed by atoms with E-state index in [0.29, 0.717) is 216 Å². The molecule has 1 radical (unpaired) electrons. The zero-order valence-electron chi connectivity index (χ0n) is 58.5. The van der Waals surface area contributed by atoms with Crippen molar-refractivity contribution >= 4 is 69.7 Å². The average Bonchev–Trinajstić information content (AvgIpc) is 1.66. The van der Waals surface area contributed by atoms with Crippen molar-refractivity contribution in [2.75, 3.05) is 182 Å². The number of alkyl halides is 1. The number of aromatic carboxylic acids is 1. The van der Waals surface area contributed by atoms with Gasteiger partial charge in [0.25, 0.3) is 7.28 Å². The molecule has 27 nitrogen and oxygen atoms in total. The Labute approximate surface area is 598 Å². The van der Waals surface area contributed by atoms with Gasteiger partial charge in [-0.1, -0.05) is 12.9 Å². The van der Waals surface area contributed by atoms with Gasteiger partial charge < -0.3 is 105 Å². The molecule has 2 unspecified atom stereocenters. The summed E-state index contributed by atoms with van der Waals surface area (Å²) in [7, 11) is 1.43. The van der Waals surface area contributed by atoms with E-state index < -0.39 is 39.7 Å². The van der Waals surface area contributed by atoms with Crippen molar-refractivity contribution in [2.45, 2.75) is 58.2 Å². The van der Waals surface area contributed by atoms with Crippen LogP contribution in [0.5, 0.6) is 5.75 Å². The van der Waals surface area contributed by atoms with Crippen molar-refractivity contribution < 1.29 is 88.8 Å². The summed E-state index contributed by atoms with van der Waals surface area (Å²) in [5, 5.41) is 39.0. The molecular formula is C70H102BFIN8O19. The van der Waals surface area contributed by atoms with Gasteiger partial charge in [0.15, 0.2) is 5.43 Å². The summed E-state index contributed by atoms with van der Waals surface area (Å²) in [6, 6.07) is 12.7. The zero-order chi connectivity index (χ0) is 73.1. The van der Waals surface area contributed by atoms with Crippen LogP contribution >= 0.6 is 21.6 Å². The molecule has 0 aromatic heterocycles. The first kappa shape index (κ1) is 83.7. The van der Waals surface area contributed by atoms with Crippen molar-refractivity contribution in [1.82, 2.24) is 16.0 Å². The fraction of sp³-hybridized carbons (Fsp3) is 0.600. The molecule has 1 aliphatic heterocycles. The number of hydrogen-bond acceptors (Lipinski definition) is 22. The molecule has 2 aromatic rings. The van der Waals surface area contributed by atoms with E-state index in [9.17, 15) is 37.0 Å². The number of nitriles is 1. The van der Waals surface area contributed by atoms with Crippen LogP contribution < -0.4 is 43.9 Å². The first-order chi connectivity index (χ1) is 49.2. The molecule has 5 aliphatic carbocycles. The van der Waals surface area contributed by atoms with Crippen molar-refractivity contribution in [1.29, 1.82) is 5.86 Å². The quantitative estimate of drug-likeness (QED) is 0.00549. The number of anilines is 1. The second-order valence-electron chi connectivity index (χ2n) is 22.6. The monoisotopic (exact) mass is 1520 g/mol. The number of nitrogens with two attached hydrogens (primary N) is 3. The molecule has 6 atom stereocenters. The topological polar surface area (TPSA) is 390 Å². The second-order valence-corrected chi connectivity index (χ2v) is 23.4. The summed E-state index contributed by atoms with van der Waals surface area (Å²) in [4.78, 5) is 62.0. The van der Waals surface area contributed by atoms with Gasteiger partial charge in [-0.15, -0.1) is 23.7 Å². The molecule has 553 valence electrons. The Balaban J connectivity index is 0.000000377. The van der Waals surface area contributed by atoms with Gasteiger partial charge in [0, 0.05) is 99.3 Å². The van der Waals surface area contributed by atoms with E-state index in [4.69, 9.17) is 79.6 Å². The van der Waals surface area contributed by atoms with E-state index in [1.54, 1.807) is 37.1 Å². The summed E-state index contributed by atoms with van der Waals surface area (Å²) in [5.41, 5.74) is 17.3. The number of rotatable bonds is 40. The van der Waals surface area contributed by atoms with E-state index in [-0.39, 0.29) is 53.0 Å². The number of fused-ring (bicyclic) bond motifs is 4. The fourth-order valence-electron chi connectivity index (χ4n) is 10.9. The number of benzene rings is 3. The number of phenols is 1. The summed E-state index contributed by atoms with van der Waals surface area (Å²) < 4.78 is 81.2. The van der Waals surface area contributed by atoms with Crippen LogP contribution in [0.3, 0.4) is 0 Å². The molecule has 2 aromatic carbocycles. The maximum atomic E-state index is 12.5. The average molecular weight is 1520 g/mol. The van der Waals surface area contributed by atoms with Crippen LogP contribution in [0.15, 0.2) is 63.8 Å². The number of hydrogen-bond donors (Lipinski definition) is 9. The molecule has 2 saturated carbocycles. The third-order valence-electron chi connectivity index (χ3n) is 15.7. The Morgan fingerprint density at radius 1 is 0.610 bits per heavy atom. The molecule has 4 amide bonds. The van der Waals surface area contributed by atoms with Crippen LogP contribution in [-0.2, 0) is 52.1 Å². The van der Waals surface area contributed by atoms with Gasteiger partial charge >= 0.3 is 54.2 Å². The van der Waals surface area contributed by atoms with E-state index >= 15 is 0 Å². The molecule has 0 spiro atoms. The Morgan fingerprint density at radius 3 is 1.40 bits per heavy atom. The van der Waals surface area contributed by atoms with Crippen molar-refractivity contribution in [3.8, 4) is 57.9 Å². The van der Waals surface area contributed by atoms with Gasteiger partial charge in [-0.05, 0) is 109 Å². The van der Waals surface area contributed by atoms with Crippen LogP contribution in [0.4, 0.5) is 22.9 Å². The first-order valence-corrected chi connectivity index (χ1v) is 36.8. The van der Waals surface area contributed by atoms with Crippen molar-refractivity contribution in [3.63, 3.8) is 0 Å². The van der Waals surface area contributed by atoms with Crippen molar-refractivity contribution in [2.24, 2.45) is 52.7 Å². The number of halogens is 2. The van der Waals surface area contributed by atoms with Crippen LogP contribution in [0.25, 0.3) is 33.4 Å². The van der Waals surface area contributed by atoms with Gasteiger partial charge in [0.05, 0.1) is 138 Å². The van der Waals surface area contributed by atoms with Crippen LogP contribution in [-0.4, -0.2) is 219 Å². The Bertz CT molecular complexity index is 3180. The second kappa shape index (κ2) is 53.9. The molecular weight excluding hydrogens is 1410 g/mol. The fourth-order valence-corrected chi connectivity index (χ4v) is 10.9. The van der Waals surface area contributed by atoms with Gasteiger partial charge in [0.1, 0.15) is 17.1 Å². The number of aromatic hydroxyl groups is 1. The molecule has 1 heterocycles. The number of phenolic OH excluding ortho intramolecular Hbond substituents is 1.